The minimum Gasteiger partial charge on any atom is -0.497 e. The molecule has 2 aliphatic heterocycles. The molecule has 0 aliphatic carbocycles. The van der Waals surface area contributed by atoms with Crippen molar-refractivity contribution < 1.29 is 14.0 Å². The molecule has 248 valence electrons. The number of likely N-dealkylation sites (N-methyl/N-ethyl adjacent to an activating group) is 1. The molecule has 4 aromatic rings. The number of hydrogen-bond acceptors (Lipinski definition) is 3. The first-order valence-electron chi connectivity index (χ1n) is 17.0. The minimum absolute atomic E-state index is 0.191. The van der Waals surface area contributed by atoms with E-state index in [2.05, 4.69) is 177 Å². The van der Waals surface area contributed by atoms with Gasteiger partial charge in [0, 0.05) is 41.6 Å². The molecule has 6 rings (SSSR count). The maximum atomic E-state index is 5.62. The van der Waals surface area contributed by atoms with E-state index in [1.807, 2.05) is 12.1 Å². The average molecular weight is 648 g/mol. The molecule has 0 aromatic heterocycles. The third kappa shape index (κ3) is 6.69. The van der Waals surface area contributed by atoms with Crippen molar-refractivity contribution in [2.24, 2.45) is 0 Å². The Labute approximate surface area is 292 Å². The molecule has 2 aliphatic rings. The van der Waals surface area contributed by atoms with Crippen molar-refractivity contribution in [3.63, 3.8) is 0 Å². The number of allylic oxidation sites excluding steroid dienone is 10. The molecule has 2 atom stereocenters. The van der Waals surface area contributed by atoms with Crippen LogP contribution in [0.5, 0.6) is 11.5 Å². The second kappa shape index (κ2) is 14.4. The van der Waals surface area contributed by atoms with Crippen molar-refractivity contribution >= 4 is 17.1 Å². The van der Waals surface area contributed by atoms with Gasteiger partial charge in [-0.05, 0) is 79.8 Å². The van der Waals surface area contributed by atoms with E-state index in [1.54, 1.807) is 14.2 Å². The quantitative estimate of drug-likeness (QED) is 0.120. The van der Waals surface area contributed by atoms with E-state index in [0.29, 0.717) is 0 Å². The van der Waals surface area contributed by atoms with Crippen molar-refractivity contribution in [1.29, 1.82) is 0 Å². The zero-order valence-electron chi connectivity index (χ0n) is 29.6. The van der Waals surface area contributed by atoms with Crippen molar-refractivity contribution in [2.45, 2.75) is 37.5 Å². The lowest BCUT2D eigenvalue weighted by atomic mass is 9.74. The SMILES string of the molecule is COc1ccc2c(c1)C(C)(Cc1ccccc1)C(/C=C/C=C/C=C/C=C/C=C1/N(C)c3ccc(OC)cc3C1(C)Cc1ccccc1)=[N+]2C. The van der Waals surface area contributed by atoms with Crippen molar-refractivity contribution in [3.05, 3.63) is 180 Å². The molecule has 49 heavy (non-hydrogen) atoms. The predicted octanol–water partition coefficient (Wildman–Crippen LogP) is 9.69. The van der Waals surface area contributed by atoms with Crippen LogP contribution in [0.3, 0.4) is 0 Å². The van der Waals surface area contributed by atoms with E-state index in [1.165, 1.54) is 45.0 Å². The standard InChI is InChI=1S/C45H47N2O2/c1-44(32-34-20-14-12-15-21-34)38-30-36(48-5)26-28-40(38)46(3)42(44)24-18-10-8-7-9-11-19-25-43-45(2,33-35-22-16-13-17-23-35)39-31-37(49-6)27-29-41(39)47(43)4/h7-31H,32-33H2,1-6H3/q+1. The van der Waals surface area contributed by atoms with Gasteiger partial charge < -0.3 is 14.4 Å². The fourth-order valence-electron chi connectivity index (χ4n) is 7.61. The summed E-state index contributed by atoms with van der Waals surface area (Å²) in [6.07, 6.45) is 21.0. The summed E-state index contributed by atoms with van der Waals surface area (Å²) in [4.78, 5) is 2.31. The van der Waals surface area contributed by atoms with Gasteiger partial charge in [-0.25, -0.2) is 0 Å². The van der Waals surface area contributed by atoms with E-state index in [9.17, 15) is 0 Å². The smallest absolute Gasteiger partial charge is 0.209 e. The molecule has 2 unspecified atom stereocenters. The Morgan fingerprint density at radius 3 is 1.78 bits per heavy atom. The highest BCUT2D eigenvalue weighted by molar-refractivity contribution is 6.03. The van der Waals surface area contributed by atoms with Crippen LogP contribution >= 0.6 is 0 Å². The largest absolute Gasteiger partial charge is 0.497 e. The third-order valence-electron chi connectivity index (χ3n) is 10.1. The normalized spacial score (nSPS) is 21.2. The van der Waals surface area contributed by atoms with Gasteiger partial charge in [0.05, 0.1) is 19.6 Å². The van der Waals surface area contributed by atoms with Gasteiger partial charge >= 0.3 is 0 Å². The molecule has 0 saturated carbocycles. The molecule has 0 spiro atoms. The van der Waals surface area contributed by atoms with Crippen LogP contribution in [-0.4, -0.2) is 38.6 Å². The summed E-state index contributed by atoms with van der Waals surface area (Å²) in [6, 6.07) is 34.3. The Kier molecular flexibility index (Phi) is 9.87. The van der Waals surface area contributed by atoms with Crippen LogP contribution in [-0.2, 0) is 23.7 Å². The number of methoxy groups -OCH3 is 2. The molecule has 0 amide bonds. The van der Waals surface area contributed by atoms with E-state index < -0.39 is 0 Å². The van der Waals surface area contributed by atoms with Gasteiger partial charge in [0.2, 0.25) is 5.69 Å². The van der Waals surface area contributed by atoms with Crippen molar-refractivity contribution in [2.75, 3.05) is 33.2 Å². The van der Waals surface area contributed by atoms with E-state index in [4.69, 9.17) is 9.47 Å². The minimum atomic E-state index is -0.191. The molecule has 0 saturated heterocycles. The highest BCUT2D eigenvalue weighted by atomic mass is 16.5. The summed E-state index contributed by atoms with van der Waals surface area (Å²) in [5, 5.41) is 0. The first-order valence-corrected chi connectivity index (χ1v) is 17.0. The van der Waals surface area contributed by atoms with E-state index >= 15 is 0 Å². The Morgan fingerprint density at radius 2 is 1.16 bits per heavy atom. The molecule has 4 aromatic carbocycles. The van der Waals surface area contributed by atoms with Crippen molar-refractivity contribution in [3.8, 4) is 11.5 Å². The van der Waals surface area contributed by atoms with E-state index in [0.717, 1.165) is 24.3 Å². The summed E-state index contributed by atoms with van der Waals surface area (Å²) in [5.74, 6) is 1.77. The molecule has 4 nitrogen and oxygen atoms in total. The Hall–Kier alpha value is -5.35. The van der Waals surface area contributed by atoms with Gasteiger partial charge in [0.1, 0.15) is 18.5 Å². The van der Waals surface area contributed by atoms with Gasteiger partial charge in [-0.2, -0.15) is 4.58 Å². The average Bonchev–Trinajstić information content (AvgIpc) is 3.45. The highest BCUT2D eigenvalue weighted by Gasteiger charge is 2.47. The monoisotopic (exact) mass is 647 g/mol. The predicted molar refractivity (Wildman–Crippen MR) is 205 cm³/mol. The fraction of sp³-hybridized carbons (Fsp3) is 0.222. The number of hydrogen-bond donors (Lipinski definition) is 0. The van der Waals surface area contributed by atoms with Crippen molar-refractivity contribution in [1.82, 2.24) is 0 Å². The number of rotatable bonds is 11. The van der Waals surface area contributed by atoms with Crippen LogP contribution in [0, 0.1) is 0 Å². The summed E-state index contributed by atoms with van der Waals surface area (Å²) < 4.78 is 13.5. The second-order valence-corrected chi connectivity index (χ2v) is 13.3. The summed E-state index contributed by atoms with van der Waals surface area (Å²) in [5.41, 5.74) is 9.78. The van der Waals surface area contributed by atoms with E-state index in [-0.39, 0.29) is 10.8 Å². The number of benzene rings is 4. The molecular formula is C45H47N2O2+. The van der Waals surface area contributed by atoms with Crippen LogP contribution in [0.2, 0.25) is 0 Å². The molecule has 2 heterocycles. The lowest BCUT2D eigenvalue weighted by molar-refractivity contribution is -0.401. The van der Waals surface area contributed by atoms with Gasteiger partial charge in [0.15, 0.2) is 5.71 Å². The first-order chi connectivity index (χ1) is 23.8. The highest BCUT2D eigenvalue weighted by Crippen LogP contribution is 2.50. The fourth-order valence-corrected chi connectivity index (χ4v) is 7.61. The van der Waals surface area contributed by atoms with Crippen LogP contribution in [0.1, 0.15) is 36.1 Å². The number of fused-ring (bicyclic) bond motifs is 2. The van der Waals surface area contributed by atoms with Gasteiger partial charge in [-0.1, -0.05) is 103 Å². The molecule has 4 heteroatoms. The van der Waals surface area contributed by atoms with Crippen LogP contribution in [0.25, 0.3) is 0 Å². The molecule has 0 N–H and O–H groups in total. The maximum Gasteiger partial charge on any atom is 0.209 e. The zero-order chi connectivity index (χ0) is 34.4. The number of anilines is 1. The summed E-state index contributed by atoms with van der Waals surface area (Å²) in [7, 11) is 7.78. The molecule has 0 radical (unpaired) electrons. The molecule has 0 fully saturated rings. The molecule has 0 bridgehead atoms. The lowest BCUT2D eigenvalue weighted by Crippen LogP contribution is -2.33. The second-order valence-electron chi connectivity index (χ2n) is 13.3. The Balaban J connectivity index is 1.18. The maximum absolute atomic E-state index is 5.62. The summed E-state index contributed by atoms with van der Waals surface area (Å²) >= 11 is 0. The third-order valence-corrected chi connectivity index (χ3v) is 10.1. The van der Waals surface area contributed by atoms with Crippen LogP contribution in [0.4, 0.5) is 11.4 Å². The molecular weight excluding hydrogens is 601 g/mol. The van der Waals surface area contributed by atoms with Gasteiger partial charge in [-0.3, -0.25) is 0 Å². The summed E-state index contributed by atoms with van der Waals surface area (Å²) in [6.45, 7) is 4.68. The van der Waals surface area contributed by atoms with Crippen LogP contribution in [0.15, 0.2) is 157 Å². The van der Waals surface area contributed by atoms with Gasteiger partial charge in [0.25, 0.3) is 0 Å². The van der Waals surface area contributed by atoms with Crippen LogP contribution < -0.4 is 14.4 Å². The number of nitrogens with zero attached hydrogens (tertiary/aromatic N) is 2. The Bertz CT molecular complexity index is 1980. The number of ether oxygens (including phenoxy) is 2. The van der Waals surface area contributed by atoms with Gasteiger partial charge in [-0.15, -0.1) is 0 Å². The lowest BCUT2D eigenvalue weighted by Gasteiger charge is -2.29. The Morgan fingerprint density at radius 1 is 0.633 bits per heavy atom. The topological polar surface area (TPSA) is 24.7 Å². The zero-order valence-corrected chi connectivity index (χ0v) is 29.6. The first kappa shape index (κ1) is 33.5.